The lowest BCUT2D eigenvalue weighted by molar-refractivity contribution is -0.120. The van der Waals surface area contributed by atoms with Crippen molar-refractivity contribution in [2.24, 2.45) is 0 Å². The maximum Gasteiger partial charge on any atom is 0.328 e. The largest absolute Gasteiger partial charge is 0.354 e. The van der Waals surface area contributed by atoms with Gasteiger partial charge in [0.1, 0.15) is 5.82 Å². The molecule has 13 heteroatoms. The number of rotatable bonds is 11. The van der Waals surface area contributed by atoms with Crippen molar-refractivity contribution in [3.8, 4) is 11.1 Å². The number of urea groups is 1. The fourth-order valence-electron chi connectivity index (χ4n) is 7.38. The van der Waals surface area contributed by atoms with Crippen LogP contribution in [0.5, 0.6) is 0 Å². The average molecular weight is 730 g/mol. The van der Waals surface area contributed by atoms with Gasteiger partial charge in [0.05, 0.1) is 17.3 Å². The highest BCUT2D eigenvalue weighted by Gasteiger charge is 2.25. The quantitative estimate of drug-likeness (QED) is 0.165. The molecule has 2 fully saturated rings. The van der Waals surface area contributed by atoms with Crippen LogP contribution in [-0.2, 0) is 24.3 Å². The molecule has 3 N–H and O–H groups in total. The van der Waals surface area contributed by atoms with Gasteiger partial charge in [-0.3, -0.25) is 34.2 Å². The second-order valence-corrected chi connectivity index (χ2v) is 14.4. The summed E-state index contributed by atoms with van der Waals surface area (Å²) in [6.07, 6.45) is 5.57. The molecule has 54 heavy (non-hydrogen) atoms. The first-order valence-electron chi connectivity index (χ1n) is 18.7. The molecule has 280 valence electrons. The standard InChI is InChI=1S/C41H47N9O4/c1-5-6-29-19-27(4)45-40(53)34(29)23-43-39(52)33-20-31(21-36-35(33)24-44-50(36)26(2)3)30-9-12-37(42-22-30)48-17-15-47(16-18-48)25-28-7-10-32(11-8-28)49-14-13-38(51)46-41(49)54/h7-12,19-22,24,26H,5-6,13-18,23,25H2,1-4H3,(H,43,52)(H,45,53)(H,46,51,54). The first-order valence-corrected chi connectivity index (χ1v) is 18.7. The fourth-order valence-corrected chi connectivity index (χ4v) is 7.38. The van der Waals surface area contributed by atoms with E-state index in [1.54, 1.807) is 11.1 Å². The van der Waals surface area contributed by atoms with Crippen LogP contribution >= 0.6 is 0 Å². The molecule has 0 spiro atoms. The van der Waals surface area contributed by atoms with Gasteiger partial charge in [-0.25, -0.2) is 9.78 Å². The Morgan fingerprint density at radius 2 is 1.70 bits per heavy atom. The molecular formula is C41H47N9O4. The average Bonchev–Trinajstić information content (AvgIpc) is 3.60. The van der Waals surface area contributed by atoms with E-state index < -0.39 is 0 Å². The molecule has 0 radical (unpaired) electrons. The molecule has 2 aromatic carbocycles. The minimum Gasteiger partial charge on any atom is -0.354 e. The predicted molar refractivity (Wildman–Crippen MR) is 210 cm³/mol. The molecule has 4 amide bonds. The molecule has 3 aromatic heterocycles. The second kappa shape index (κ2) is 15.7. The number of benzene rings is 2. The predicted octanol–water partition coefficient (Wildman–Crippen LogP) is 5.33. The first kappa shape index (κ1) is 36.5. The van der Waals surface area contributed by atoms with Crippen LogP contribution in [0.1, 0.15) is 72.4 Å². The lowest BCUT2D eigenvalue weighted by Crippen LogP contribution is -2.49. The van der Waals surface area contributed by atoms with Crippen LogP contribution in [0.15, 0.2) is 71.8 Å². The Morgan fingerprint density at radius 1 is 0.926 bits per heavy atom. The molecule has 5 heterocycles. The van der Waals surface area contributed by atoms with Crippen molar-refractivity contribution in [2.45, 2.75) is 66.1 Å². The highest BCUT2D eigenvalue weighted by molar-refractivity contribution is 6.08. The second-order valence-electron chi connectivity index (χ2n) is 14.4. The molecule has 7 rings (SSSR count). The zero-order valence-corrected chi connectivity index (χ0v) is 31.3. The van der Waals surface area contributed by atoms with Crippen LogP contribution < -0.4 is 26.0 Å². The summed E-state index contributed by atoms with van der Waals surface area (Å²) < 4.78 is 1.92. The monoisotopic (exact) mass is 729 g/mol. The van der Waals surface area contributed by atoms with Crippen LogP contribution in [0.25, 0.3) is 22.0 Å². The van der Waals surface area contributed by atoms with Gasteiger partial charge in [0.25, 0.3) is 11.5 Å². The van der Waals surface area contributed by atoms with Gasteiger partial charge in [0.2, 0.25) is 5.91 Å². The number of aromatic nitrogens is 4. The smallest absolute Gasteiger partial charge is 0.328 e. The van der Waals surface area contributed by atoms with Crippen LogP contribution in [0.3, 0.4) is 0 Å². The molecule has 13 nitrogen and oxygen atoms in total. The number of nitrogens with one attached hydrogen (secondary N) is 3. The molecule has 0 saturated carbocycles. The van der Waals surface area contributed by atoms with Gasteiger partial charge in [0, 0.05) is 92.4 Å². The fraction of sp³-hybridized carbons (Fsp3) is 0.366. The van der Waals surface area contributed by atoms with E-state index in [1.165, 1.54) is 0 Å². The molecule has 0 bridgehead atoms. The Hall–Kier alpha value is -5.82. The Labute approximate surface area is 314 Å². The number of aromatic amines is 1. The summed E-state index contributed by atoms with van der Waals surface area (Å²) in [5, 5.41) is 10.8. The maximum atomic E-state index is 13.8. The van der Waals surface area contributed by atoms with E-state index in [0.717, 1.165) is 95.9 Å². The van der Waals surface area contributed by atoms with E-state index >= 15 is 0 Å². The van der Waals surface area contributed by atoms with Crippen LogP contribution in [0.4, 0.5) is 16.3 Å². The van der Waals surface area contributed by atoms with E-state index in [0.29, 0.717) is 24.1 Å². The number of amides is 4. The number of hydrogen-bond donors (Lipinski definition) is 3. The third kappa shape index (κ3) is 7.76. The zero-order valence-electron chi connectivity index (χ0n) is 31.3. The molecule has 0 atom stereocenters. The van der Waals surface area contributed by atoms with Gasteiger partial charge in [0.15, 0.2) is 0 Å². The molecule has 2 aliphatic rings. The van der Waals surface area contributed by atoms with Crippen molar-refractivity contribution in [3.63, 3.8) is 0 Å². The number of anilines is 2. The number of carbonyl (C=O) groups excluding carboxylic acids is 3. The first-order chi connectivity index (χ1) is 26.1. The molecule has 0 aliphatic carbocycles. The summed E-state index contributed by atoms with van der Waals surface area (Å²) in [5.74, 6) is 0.397. The Kier molecular flexibility index (Phi) is 10.6. The lowest BCUT2D eigenvalue weighted by Gasteiger charge is -2.35. The summed E-state index contributed by atoms with van der Waals surface area (Å²) in [7, 11) is 0. The summed E-state index contributed by atoms with van der Waals surface area (Å²) in [6.45, 7) is 12.8. The van der Waals surface area contributed by atoms with E-state index in [1.807, 2.05) is 60.3 Å². The van der Waals surface area contributed by atoms with Crippen molar-refractivity contribution in [1.82, 2.24) is 35.3 Å². The number of hydrogen-bond acceptors (Lipinski definition) is 8. The number of piperazine rings is 1. The number of pyridine rings is 2. The maximum absolute atomic E-state index is 13.8. The van der Waals surface area contributed by atoms with Crippen molar-refractivity contribution in [3.05, 3.63) is 105 Å². The van der Waals surface area contributed by atoms with Gasteiger partial charge in [-0.1, -0.05) is 25.5 Å². The summed E-state index contributed by atoms with van der Waals surface area (Å²) in [5.41, 5.74) is 7.23. The van der Waals surface area contributed by atoms with E-state index in [4.69, 9.17) is 4.98 Å². The zero-order chi connectivity index (χ0) is 37.9. The molecule has 0 unspecified atom stereocenters. The highest BCUT2D eigenvalue weighted by Crippen LogP contribution is 2.30. The third-order valence-electron chi connectivity index (χ3n) is 10.2. The van der Waals surface area contributed by atoms with Crippen LogP contribution in [0, 0.1) is 6.92 Å². The van der Waals surface area contributed by atoms with Gasteiger partial charge < -0.3 is 15.2 Å². The molecular weight excluding hydrogens is 683 g/mol. The van der Waals surface area contributed by atoms with E-state index in [-0.39, 0.29) is 36.0 Å². The van der Waals surface area contributed by atoms with Crippen LogP contribution in [0.2, 0.25) is 0 Å². The minimum absolute atomic E-state index is 0.0887. The number of carbonyl (C=O) groups is 3. The van der Waals surface area contributed by atoms with Gasteiger partial charge in [-0.2, -0.15) is 5.10 Å². The minimum atomic E-state index is -0.376. The van der Waals surface area contributed by atoms with Gasteiger partial charge >= 0.3 is 6.03 Å². The number of H-pyrrole nitrogens is 1. The topological polar surface area (TPSA) is 149 Å². The highest BCUT2D eigenvalue weighted by atomic mass is 16.2. The number of nitrogens with zero attached hydrogens (tertiary/aromatic N) is 6. The summed E-state index contributed by atoms with van der Waals surface area (Å²) in [4.78, 5) is 64.4. The van der Waals surface area contributed by atoms with Gasteiger partial charge in [-0.15, -0.1) is 0 Å². The van der Waals surface area contributed by atoms with Gasteiger partial charge in [-0.05, 0) is 86.3 Å². The normalized spacial score (nSPS) is 15.3. The molecule has 5 aromatic rings. The molecule has 2 saturated heterocycles. The summed E-state index contributed by atoms with van der Waals surface area (Å²) in [6, 6.07) is 17.7. The van der Waals surface area contributed by atoms with Crippen molar-refractivity contribution in [2.75, 3.05) is 42.5 Å². The SMILES string of the molecule is CCCc1cc(C)[nH]c(=O)c1CNC(=O)c1cc(-c2ccc(N3CCN(Cc4ccc(N5CCC(=O)NC5=O)cc4)CC3)nc2)cc2c1cnn2C(C)C. The van der Waals surface area contributed by atoms with Crippen molar-refractivity contribution in [1.29, 1.82) is 0 Å². The number of imide groups is 1. The van der Waals surface area contributed by atoms with E-state index in [9.17, 15) is 19.2 Å². The van der Waals surface area contributed by atoms with Crippen molar-refractivity contribution >= 4 is 40.3 Å². The van der Waals surface area contributed by atoms with Crippen LogP contribution in [-0.4, -0.2) is 75.2 Å². The Balaban J connectivity index is 1.03. The van der Waals surface area contributed by atoms with E-state index in [2.05, 4.69) is 63.4 Å². The third-order valence-corrected chi connectivity index (χ3v) is 10.2. The number of fused-ring (bicyclic) bond motifs is 1. The lowest BCUT2D eigenvalue weighted by atomic mass is 10.00. The van der Waals surface area contributed by atoms with Crippen molar-refractivity contribution < 1.29 is 14.4 Å². The Morgan fingerprint density at radius 3 is 2.39 bits per heavy atom. The summed E-state index contributed by atoms with van der Waals surface area (Å²) >= 11 is 0. The molecule has 2 aliphatic heterocycles. The number of aryl methyl sites for hydroxylation is 2. The Bertz CT molecular complexity index is 2230.